The van der Waals surface area contributed by atoms with Crippen LogP contribution < -0.4 is 4.72 Å². The number of thiazole rings is 1. The van der Waals surface area contributed by atoms with Gasteiger partial charge in [0.25, 0.3) is 10.0 Å². The maximum absolute atomic E-state index is 12.1. The van der Waals surface area contributed by atoms with Crippen molar-refractivity contribution < 1.29 is 13.5 Å². The van der Waals surface area contributed by atoms with Gasteiger partial charge in [0.2, 0.25) is 0 Å². The highest BCUT2D eigenvalue weighted by Gasteiger charge is 2.37. The smallest absolute Gasteiger partial charge is 0.251 e. The van der Waals surface area contributed by atoms with Crippen LogP contribution in [0, 0.1) is 12.3 Å². The molecule has 5 nitrogen and oxygen atoms in total. The summed E-state index contributed by atoms with van der Waals surface area (Å²) >= 11 is 1.14. The Bertz CT molecular complexity index is 568. The molecule has 0 spiro atoms. The second-order valence-electron chi connectivity index (χ2n) is 6.41. The molecule has 1 aliphatic carbocycles. The average Bonchev–Trinajstić information content (AvgIpc) is 2.79. The summed E-state index contributed by atoms with van der Waals surface area (Å²) in [5, 5.41) is 11.2. The number of hydrogen-bond acceptors (Lipinski definition) is 5. The van der Waals surface area contributed by atoms with Gasteiger partial charge in [-0.25, -0.2) is 18.1 Å². The Hall–Kier alpha value is -0.500. The molecule has 1 saturated carbocycles. The molecule has 0 amide bonds. The maximum atomic E-state index is 12.1. The molecule has 0 saturated heterocycles. The molecule has 0 radical (unpaired) electrons. The fourth-order valence-corrected chi connectivity index (χ4v) is 4.61. The summed E-state index contributed by atoms with van der Waals surface area (Å²) in [6.07, 6.45) is 4.43. The maximum Gasteiger partial charge on any atom is 0.251 e. The van der Waals surface area contributed by atoms with Crippen LogP contribution in [0.5, 0.6) is 0 Å². The lowest BCUT2D eigenvalue weighted by atomic mass is 9.71. The van der Waals surface area contributed by atoms with E-state index in [9.17, 15) is 13.5 Å². The van der Waals surface area contributed by atoms with Crippen molar-refractivity contribution in [2.24, 2.45) is 5.41 Å². The topological polar surface area (TPSA) is 79.3 Å². The van der Waals surface area contributed by atoms with E-state index in [0.717, 1.165) is 24.2 Å². The molecule has 0 atom stereocenters. The molecule has 2 N–H and O–H groups in total. The molecule has 0 aromatic carbocycles. The molecular weight excluding hydrogens is 296 g/mol. The minimum absolute atomic E-state index is 0.0718. The number of aliphatic hydroxyl groups is 1. The number of rotatable bonds is 4. The SMILES string of the molecule is Cc1ncc(S(=O)(=O)NCC2(O)CCC(C)(C)CC2)s1. The van der Waals surface area contributed by atoms with Gasteiger partial charge in [-0.05, 0) is 38.0 Å². The van der Waals surface area contributed by atoms with Gasteiger partial charge < -0.3 is 5.11 Å². The van der Waals surface area contributed by atoms with Crippen LogP contribution in [0.3, 0.4) is 0 Å². The highest BCUT2D eigenvalue weighted by molar-refractivity contribution is 7.91. The Kier molecular flexibility index (Phi) is 4.26. The predicted molar refractivity (Wildman–Crippen MR) is 79.2 cm³/mol. The molecule has 1 aliphatic rings. The van der Waals surface area contributed by atoms with Gasteiger partial charge in [0.05, 0.1) is 16.8 Å². The fraction of sp³-hybridized carbons (Fsp3) is 0.769. The molecule has 1 heterocycles. The Balaban J connectivity index is 1.98. The van der Waals surface area contributed by atoms with Gasteiger partial charge in [-0.1, -0.05) is 13.8 Å². The summed E-state index contributed by atoms with van der Waals surface area (Å²) < 4.78 is 26.9. The summed E-state index contributed by atoms with van der Waals surface area (Å²) in [4.78, 5) is 3.95. The van der Waals surface area contributed by atoms with Crippen LogP contribution in [-0.2, 0) is 10.0 Å². The van der Waals surface area contributed by atoms with E-state index in [2.05, 4.69) is 23.6 Å². The zero-order chi connectivity index (χ0) is 15.0. The third kappa shape index (κ3) is 3.78. The molecule has 1 aromatic heterocycles. The van der Waals surface area contributed by atoms with E-state index >= 15 is 0 Å². The summed E-state index contributed by atoms with van der Waals surface area (Å²) in [7, 11) is -3.56. The molecular formula is C13H22N2O3S2. The van der Waals surface area contributed by atoms with E-state index in [1.807, 2.05) is 0 Å². The molecule has 114 valence electrons. The third-order valence-corrected chi connectivity index (χ3v) is 6.77. The minimum atomic E-state index is -3.56. The van der Waals surface area contributed by atoms with Crippen LogP contribution in [0.4, 0.5) is 0 Å². The second kappa shape index (κ2) is 5.36. The monoisotopic (exact) mass is 318 g/mol. The number of nitrogens with zero attached hydrogens (tertiary/aromatic N) is 1. The van der Waals surface area contributed by atoms with Gasteiger partial charge in [-0.3, -0.25) is 0 Å². The number of aromatic nitrogens is 1. The van der Waals surface area contributed by atoms with Crippen molar-refractivity contribution in [3.63, 3.8) is 0 Å². The van der Waals surface area contributed by atoms with Gasteiger partial charge in [-0.2, -0.15) is 0 Å². The van der Waals surface area contributed by atoms with Crippen LogP contribution >= 0.6 is 11.3 Å². The van der Waals surface area contributed by atoms with Crippen molar-refractivity contribution in [2.75, 3.05) is 6.54 Å². The lowest BCUT2D eigenvalue weighted by Crippen LogP contribution is -2.46. The van der Waals surface area contributed by atoms with Crippen molar-refractivity contribution >= 4 is 21.4 Å². The average molecular weight is 318 g/mol. The van der Waals surface area contributed by atoms with Gasteiger partial charge in [0.1, 0.15) is 0 Å². The van der Waals surface area contributed by atoms with E-state index in [1.165, 1.54) is 6.20 Å². The first kappa shape index (κ1) is 15.9. The zero-order valence-corrected chi connectivity index (χ0v) is 13.8. The molecule has 0 bridgehead atoms. The van der Waals surface area contributed by atoms with Gasteiger partial charge in [0.15, 0.2) is 4.21 Å². The highest BCUT2D eigenvalue weighted by Crippen LogP contribution is 2.40. The first-order valence-electron chi connectivity index (χ1n) is 6.77. The Morgan fingerprint density at radius 3 is 2.45 bits per heavy atom. The van der Waals surface area contributed by atoms with Crippen LogP contribution in [-0.4, -0.2) is 30.7 Å². The summed E-state index contributed by atoms with van der Waals surface area (Å²) in [5.74, 6) is 0. The largest absolute Gasteiger partial charge is 0.389 e. The van der Waals surface area contributed by atoms with E-state index in [0.29, 0.717) is 17.8 Å². The number of aryl methyl sites for hydroxylation is 1. The molecule has 0 aliphatic heterocycles. The van der Waals surface area contributed by atoms with E-state index < -0.39 is 15.6 Å². The number of nitrogens with one attached hydrogen (secondary N) is 1. The molecule has 2 rings (SSSR count). The molecule has 20 heavy (non-hydrogen) atoms. The standard InChI is InChI=1S/C13H22N2O3S2/c1-10-14-8-11(19-10)20(17,18)15-9-13(16)6-4-12(2,3)5-7-13/h8,15-16H,4-7,9H2,1-3H3. The van der Waals surface area contributed by atoms with Gasteiger partial charge >= 0.3 is 0 Å². The van der Waals surface area contributed by atoms with Crippen molar-refractivity contribution in [1.82, 2.24) is 9.71 Å². The van der Waals surface area contributed by atoms with Crippen molar-refractivity contribution in [3.05, 3.63) is 11.2 Å². The highest BCUT2D eigenvalue weighted by atomic mass is 32.2. The fourth-order valence-electron chi connectivity index (χ4n) is 2.34. The first-order chi connectivity index (χ1) is 9.12. The zero-order valence-electron chi connectivity index (χ0n) is 12.1. The first-order valence-corrected chi connectivity index (χ1v) is 9.06. The third-order valence-electron chi connectivity index (χ3n) is 3.99. The summed E-state index contributed by atoms with van der Waals surface area (Å²) in [5.41, 5.74) is -0.692. The van der Waals surface area contributed by atoms with Gasteiger partial charge in [-0.15, -0.1) is 11.3 Å². The predicted octanol–water partition coefficient (Wildman–Crippen LogP) is 2.06. The van der Waals surface area contributed by atoms with Crippen LogP contribution in [0.1, 0.15) is 44.5 Å². The Morgan fingerprint density at radius 2 is 1.95 bits per heavy atom. The molecule has 0 unspecified atom stereocenters. The van der Waals surface area contributed by atoms with Crippen molar-refractivity contribution in [2.45, 2.75) is 56.3 Å². The van der Waals surface area contributed by atoms with E-state index in [1.54, 1.807) is 6.92 Å². The lowest BCUT2D eigenvalue weighted by Gasteiger charge is -2.40. The molecule has 7 heteroatoms. The van der Waals surface area contributed by atoms with Crippen LogP contribution in [0.15, 0.2) is 10.4 Å². The summed E-state index contributed by atoms with van der Waals surface area (Å²) in [6, 6.07) is 0. The molecule has 1 fully saturated rings. The second-order valence-corrected chi connectivity index (χ2v) is 9.64. The number of sulfonamides is 1. The quantitative estimate of drug-likeness (QED) is 0.890. The van der Waals surface area contributed by atoms with Crippen LogP contribution in [0.2, 0.25) is 0 Å². The molecule has 1 aromatic rings. The summed E-state index contributed by atoms with van der Waals surface area (Å²) in [6.45, 7) is 6.19. The normalized spacial score (nSPS) is 21.8. The Morgan fingerprint density at radius 1 is 1.35 bits per heavy atom. The minimum Gasteiger partial charge on any atom is -0.389 e. The lowest BCUT2D eigenvalue weighted by molar-refractivity contribution is -0.0205. The Labute approximate surface area is 124 Å². The van der Waals surface area contributed by atoms with Crippen molar-refractivity contribution in [3.8, 4) is 0 Å². The van der Waals surface area contributed by atoms with E-state index in [4.69, 9.17) is 0 Å². The number of hydrogen-bond donors (Lipinski definition) is 2. The van der Waals surface area contributed by atoms with Gasteiger partial charge in [0, 0.05) is 6.54 Å². The van der Waals surface area contributed by atoms with Crippen LogP contribution in [0.25, 0.3) is 0 Å². The van der Waals surface area contributed by atoms with E-state index in [-0.39, 0.29) is 16.2 Å². The van der Waals surface area contributed by atoms with Crippen molar-refractivity contribution in [1.29, 1.82) is 0 Å².